The van der Waals surface area contributed by atoms with E-state index in [2.05, 4.69) is 10.4 Å². The smallest absolute Gasteiger partial charge is 0.340 e. The van der Waals surface area contributed by atoms with Crippen LogP contribution in [-0.4, -0.2) is 39.9 Å². The third kappa shape index (κ3) is 4.74. The van der Waals surface area contributed by atoms with Gasteiger partial charge in [0.05, 0.1) is 24.6 Å². The minimum atomic E-state index is -0.590. The van der Waals surface area contributed by atoms with Crippen molar-refractivity contribution in [2.24, 2.45) is 0 Å². The predicted octanol–water partition coefficient (Wildman–Crippen LogP) is 4.33. The number of amides is 1. The number of aryl methyl sites for hydroxylation is 1. The van der Waals surface area contributed by atoms with Gasteiger partial charge in [-0.2, -0.15) is 5.10 Å². The number of carbonyl (C=O) groups excluding carboxylic acids is 2. The largest absolute Gasteiger partial charge is 0.495 e. The number of methoxy groups -OCH3 is 1. The van der Waals surface area contributed by atoms with Gasteiger partial charge in [0.15, 0.2) is 6.61 Å². The highest BCUT2D eigenvalue weighted by molar-refractivity contribution is 6.30. The molecule has 1 aromatic carbocycles. The number of hydrogen-bond acceptors (Lipinski definition) is 5. The summed E-state index contributed by atoms with van der Waals surface area (Å²) in [6.07, 6.45) is 1.60. The zero-order valence-electron chi connectivity index (χ0n) is 18.1. The first-order valence-electron chi connectivity index (χ1n) is 9.76. The summed E-state index contributed by atoms with van der Waals surface area (Å²) in [6.45, 7) is 7.15. The summed E-state index contributed by atoms with van der Waals surface area (Å²) in [7, 11) is 1.57. The minimum absolute atomic E-state index is 0.0849. The summed E-state index contributed by atoms with van der Waals surface area (Å²) in [5.41, 5.74) is 2.53. The van der Waals surface area contributed by atoms with E-state index in [0.29, 0.717) is 33.5 Å². The molecule has 0 aliphatic rings. The molecule has 31 heavy (non-hydrogen) atoms. The van der Waals surface area contributed by atoms with Gasteiger partial charge in [-0.05, 0) is 52.0 Å². The van der Waals surface area contributed by atoms with Gasteiger partial charge < -0.3 is 19.4 Å². The van der Waals surface area contributed by atoms with E-state index >= 15 is 0 Å². The van der Waals surface area contributed by atoms with Crippen molar-refractivity contribution in [1.82, 2.24) is 14.3 Å². The number of halogens is 1. The molecule has 0 aliphatic carbocycles. The van der Waals surface area contributed by atoms with Gasteiger partial charge in [-0.25, -0.2) is 9.48 Å². The van der Waals surface area contributed by atoms with E-state index in [1.165, 1.54) is 0 Å². The van der Waals surface area contributed by atoms with Crippen molar-refractivity contribution < 1.29 is 19.1 Å². The molecule has 1 amide bonds. The first kappa shape index (κ1) is 22.4. The Labute approximate surface area is 185 Å². The lowest BCUT2D eigenvalue weighted by atomic mass is 10.2. The molecule has 164 valence electrons. The van der Waals surface area contributed by atoms with Crippen molar-refractivity contribution in [3.05, 3.63) is 58.5 Å². The van der Waals surface area contributed by atoms with Crippen LogP contribution in [0.2, 0.25) is 5.02 Å². The molecule has 3 rings (SSSR count). The number of ether oxygens (including phenoxy) is 2. The van der Waals surface area contributed by atoms with Gasteiger partial charge in [0.1, 0.15) is 11.6 Å². The molecular formula is C22H25ClN4O4. The van der Waals surface area contributed by atoms with Gasteiger partial charge in [0.25, 0.3) is 5.91 Å². The number of rotatable bonds is 7. The van der Waals surface area contributed by atoms with Crippen molar-refractivity contribution >= 4 is 29.3 Å². The fourth-order valence-electron chi connectivity index (χ4n) is 3.39. The van der Waals surface area contributed by atoms with Crippen LogP contribution in [0, 0.1) is 13.8 Å². The maximum absolute atomic E-state index is 12.7. The number of carbonyl (C=O) groups is 2. The predicted molar refractivity (Wildman–Crippen MR) is 118 cm³/mol. The number of hydrogen-bond donors (Lipinski definition) is 1. The molecule has 2 heterocycles. The fourth-order valence-corrected chi connectivity index (χ4v) is 3.56. The zero-order valence-corrected chi connectivity index (χ0v) is 18.9. The standard InChI is InChI=1S/C22H25ClN4O4/c1-13(2)27-20(8-9-24-27)25-21(28)12-31-22(29)17-10-14(3)26(15(17)4)18-11-16(23)6-7-19(18)30-5/h6-11,13H,12H2,1-5H3,(H,25,28). The third-order valence-electron chi connectivity index (χ3n) is 4.79. The number of nitrogens with zero attached hydrogens (tertiary/aromatic N) is 3. The summed E-state index contributed by atoms with van der Waals surface area (Å²) < 4.78 is 14.2. The molecule has 2 aromatic heterocycles. The van der Waals surface area contributed by atoms with Gasteiger partial charge in [0.2, 0.25) is 0 Å². The van der Waals surface area contributed by atoms with Crippen molar-refractivity contribution in [2.45, 2.75) is 33.7 Å². The molecule has 0 saturated heterocycles. The zero-order chi connectivity index (χ0) is 22.7. The molecule has 0 spiro atoms. The Morgan fingerprint density at radius 1 is 1.19 bits per heavy atom. The number of aromatic nitrogens is 3. The molecule has 9 heteroatoms. The van der Waals surface area contributed by atoms with E-state index in [1.54, 1.807) is 55.2 Å². The van der Waals surface area contributed by atoms with Gasteiger partial charge in [-0.1, -0.05) is 11.6 Å². The van der Waals surface area contributed by atoms with Crippen LogP contribution in [0.15, 0.2) is 36.5 Å². The minimum Gasteiger partial charge on any atom is -0.495 e. The normalized spacial score (nSPS) is 10.9. The third-order valence-corrected chi connectivity index (χ3v) is 5.03. The Bertz CT molecular complexity index is 1120. The Morgan fingerprint density at radius 2 is 1.94 bits per heavy atom. The highest BCUT2D eigenvalue weighted by Crippen LogP contribution is 2.30. The molecule has 0 radical (unpaired) electrons. The van der Waals surface area contributed by atoms with Crippen LogP contribution < -0.4 is 10.1 Å². The lowest BCUT2D eigenvalue weighted by molar-refractivity contribution is -0.119. The lowest BCUT2D eigenvalue weighted by Crippen LogP contribution is -2.23. The average molecular weight is 445 g/mol. The van der Waals surface area contributed by atoms with E-state index in [-0.39, 0.29) is 6.04 Å². The molecule has 0 saturated carbocycles. The Hall–Kier alpha value is -3.26. The first-order valence-corrected chi connectivity index (χ1v) is 10.1. The van der Waals surface area contributed by atoms with Crippen LogP contribution in [0.5, 0.6) is 5.75 Å². The van der Waals surface area contributed by atoms with Crippen LogP contribution in [-0.2, 0) is 9.53 Å². The summed E-state index contributed by atoms with van der Waals surface area (Å²) in [5.74, 6) is 0.128. The van der Waals surface area contributed by atoms with Crippen LogP contribution in [0.4, 0.5) is 5.82 Å². The highest BCUT2D eigenvalue weighted by Gasteiger charge is 2.21. The number of nitrogens with one attached hydrogen (secondary N) is 1. The molecule has 0 fully saturated rings. The SMILES string of the molecule is COc1ccc(Cl)cc1-n1c(C)cc(C(=O)OCC(=O)Nc2ccnn2C(C)C)c1C. The highest BCUT2D eigenvalue weighted by atomic mass is 35.5. The lowest BCUT2D eigenvalue weighted by Gasteiger charge is -2.14. The fraction of sp³-hybridized carbons (Fsp3) is 0.318. The maximum atomic E-state index is 12.7. The summed E-state index contributed by atoms with van der Waals surface area (Å²) in [4.78, 5) is 24.9. The molecule has 0 atom stereocenters. The molecule has 0 bridgehead atoms. The summed E-state index contributed by atoms with van der Waals surface area (Å²) in [5, 5.41) is 7.41. The molecular weight excluding hydrogens is 420 g/mol. The van der Waals surface area contributed by atoms with E-state index in [9.17, 15) is 9.59 Å². The summed E-state index contributed by atoms with van der Waals surface area (Å²) in [6, 6.07) is 8.75. The van der Waals surface area contributed by atoms with Crippen molar-refractivity contribution in [3.63, 3.8) is 0 Å². The van der Waals surface area contributed by atoms with Crippen LogP contribution in [0.3, 0.4) is 0 Å². The molecule has 0 unspecified atom stereocenters. The van der Waals surface area contributed by atoms with Crippen molar-refractivity contribution in [2.75, 3.05) is 19.0 Å². The van der Waals surface area contributed by atoms with E-state index < -0.39 is 18.5 Å². The Morgan fingerprint density at radius 3 is 2.61 bits per heavy atom. The van der Waals surface area contributed by atoms with Gasteiger partial charge >= 0.3 is 5.97 Å². The average Bonchev–Trinajstić information content (AvgIpc) is 3.30. The van der Waals surface area contributed by atoms with Gasteiger partial charge in [-0.3, -0.25) is 4.79 Å². The Kier molecular flexibility index (Phi) is 6.70. The van der Waals surface area contributed by atoms with Gasteiger partial charge in [0, 0.05) is 28.5 Å². The molecule has 0 aliphatic heterocycles. The van der Waals surface area contributed by atoms with Crippen LogP contribution in [0.25, 0.3) is 5.69 Å². The number of benzene rings is 1. The van der Waals surface area contributed by atoms with E-state index in [0.717, 1.165) is 5.69 Å². The molecule has 1 N–H and O–H groups in total. The van der Waals surface area contributed by atoms with E-state index in [1.807, 2.05) is 25.3 Å². The topological polar surface area (TPSA) is 87.4 Å². The second-order valence-electron chi connectivity index (χ2n) is 7.32. The van der Waals surface area contributed by atoms with Crippen molar-refractivity contribution in [1.29, 1.82) is 0 Å². The quantitative estimate of drug-likeness (QED) is 0.548. The molecule has 8 nitrogen and oxygen atoms in total. The van der Waals surface area contributed by atoms with E-state index in [4.69, 9.17) is 21.1 Å². The van der Waals surface area contributed by atoms with Crippen molar-refractivity contribution in [3.8, 4) is 11.4 Å². The number of esters is 1. The monoisotopic (exact) mass is 444 g/mol. The first-order chi connectivity index (χ1) is 14.7. The van der Waals surface area contributed by atoms with Crippen LogP contribution >= 0.6 is 11.6 Å². The molecule has 3 aromatic rings. The second kappa shape index (κ2) is 9.26. The number of anilines is 1. The maximum Gasteiger partial charge on any atom is 0.340 e. The summed E-state index contributed by atoms with van der Waals surface area (Å²) >= 11 is 6.16. The van der Waals surface area contributed by atoms with Crippen LogP contribution in [0.1, 0.15) is 41.6 Å². The van der Waals surface area contributed by atoms with Gasteiger partial charge in [-0.15, -0.1) is 0 Å². The second-order valence-corrected chi connectivity index (χ2v) is 7.75. The Balaban J connectivity index is 1.75.